The number of carbonyl (C=O) groups is 3. The maximum atomic E-state index is 12.6. The molecule has 12 nitrogen and oxygen atoms in total. The quantitative estimate of drug-likeness (QED) is 0.0201. The van der Waals surface area contributed by atoms with E-state index < -0.39 is 57.7 Å². The summed E-state index contributed by atoms with van der Waals surface area (Å²) in [6.07, 6.45) is 42.9. The molecule has 0 rings (SSSR count). The molecule has 0 saturated carbocycles. The van der Waals surface area contributed by atoms with Crippen molar-refractivity contribution in [2.24, 2.45) is 5.73 Å². The van der Waals surface area contributed by atoms with Crippen molar-refractivity contribution < 1.29 is 52.6 Å². The molecule has 324 valence electrons. The number of ether oxygens (including phenoxy) is 2. The van der Waals surface area contributed by atoms with E-state index >= 15 is 0 Å². The molecule has 0 aromatic heterocycles. The minimum absolute atomic E-state index is 0.117. The van der Waals surface area contributed by atoms with Gasteiger partial charge in [-0.05, 0) is 83.5 Å². The van der Waals surface area contributed by atoms with Crippen molar-refractivity contribution in [3.8, 4) is 0 Å². The fourth-order valence-corrected chi connectivity index (χ4v) is 5.75. The second-order valence-electron chi connectivity index (χ2n) is 13.6. The number of nitrogens with two attached hydrogens (primary N) is 1. The van der Waals surface area contributed by atoms with Gasteiger partial charge in [0.05, 0.1) is 19.3 Å². The Labute approximate surface area is 342 Å². The molecule has 57 heavy (non-hydrogen) atoms. The van der Waals surface area contributed by atoms with Crippen molar-refractivity contribution in [2.75, 3.05) is 19.8 Å². The first-order valence-electron chi connectivity index (χ1n) is 20.7. The number of allylic oxidation sites excluding steroid dienone is 13. The van der Waals surface area contributed by atoms with Gasteiger partial charge in [-0.2, -0.15) is 0 Å². The second-order valence-corrected chi connectivity index (χ2v) is 15.0. The number of esters is 2. The van der Waals surface area contributed by atoms with Crippen LogP contribution in [-0.4, -0.2) is 71.1 Å². The summed E-state index contributed by atoms with van der Waals surface area (Å²) >= 11 is 0. The van der Waals surface area contributed by atoms with Crippen molar-refractivity contribution in [1.29, 1.82) is 0 Å². The normalized spacial score (nSPS) is 15.2. The molecular weight excluding hydrogens is 749 g/mol. The fraction of sp³-hybridized carbons (Fsp3) is 0.614. The number of carboxylic acids is 1. The van der Waals surface area contributed by atoms with Gasteiger partial charge in [0, 0.05) is 12.8 Å². The van der Waals surface area contributed by atoms with Crippen molar-refractivity contribution >= 4 is 25.7 Å². The SMILES string of the molecule is CC/C=C\C/C=C\C/C=C\CCCCCCCC(=O)O[C@H](COC(=O)CCC/C=C\C/C=C\C/C=C\C/C=C\CC(O)CCC)COP(=O)(O)OC[C@H](N)C(=O)O. The predicted molar refractivity (Wildman–Crippen MR) is 227 cm³/mol. The first kappa shape index (κ1) is 53.6. The Kier molecular flexibility index (Phi) is 35.9. The third-order valence-corrected chi connectivity index (χ3v) is 9.13. The minimum atomic E-state index is -4.75. The van der Waals surface area contributed by atoms with Gasteiger partial charge in [-0.1, -0.05) is 125 Å². The highest BCUT2D eigenvalue weighted by molar-refractivity contribution is 7.47. The number of carbonyl (C=O) groups excluding carboxylic acids is 2. The van der Waals surface area contributed by atoms with Gasteiger partial charge in [-0.3, -0.25) is 23.4 Å². The van der Waals surface area contributed by atoms with Gasteiger partial charge >= 0.3 is 25.7 Å². The molecule has 0 fully saturated rings. The van der Waals surface area contributed by atoms with E-state index in [1.165, 1.54) is 0 Å². The van der Waals surface area contributed by atoms with Crippen LogP contribution in [-0.2, 0) is 37.5 Å². The Bertz CT molecular complexity index is 1300. The zero-order chi connectivity index (χ0) is 42.2. The maximum absolute atomic E-state index is 12.6. The highest BCUT2D eigenvalue weighted by atomic mass is 31.2. The third kappa shape index (κ3) is 37.9. The van der Waals surface area contributed by atoms with Gasteiger partial charge in [-0.15, -0.1) is 0 Å². The molecule has 0 amide bonds. The molecule has 0 bridgehead atoms. The number of unbranched alkanes of at least 4 members (excludes halogenated alkanes) is 6. The van der Waals surface area contributed by atoms with Crippen LogP contribution in [0, 0.1) is 0 Å². The molecule has 0 radical (unpaired) electrons. The monoisotopic (exact) mass is 821 g/mol. The number of hydrogen-bond acceptors (Lipinski definition) is 10. The number of carboxylic acid groups (broad SMARTS) is 1. The number of hydrogen-bond donors (Lipinski definition) is 4. The fourth-order valence-electron chi connectivity index (χ4n) is 4.97. The molecule has 0 aromatic carbocycles. The smallest absolute Gasteiger partial charge is 0.472 e. The van der Waals surface area contributed by atoms with Crippen molar-refractivity contribution in [3.63, 3.8) is 0 Å². The van der Waals surface area contributed by atoms with Gasteiger partial charge in [0.2, 0.25) is 0 Å². The lowest BCUT2D eigenvalue weighted by molar-refractivity contribution is -0.161. The average molecular weight is 822 g/mol. The molecule has 5 N–H and O–H groups in total. The number of aliphatic hydroxyl groups is 1. The van der Waals surface area contributed by atoms with Crippen molar-refractivity contribution in [3.05, 3.63) is 85.1 Å². The lowest BCUT2D eigenvalue weighted by Crippen LogP contribution is -2.34. The second kappa shape index (κ2) is 38.2. The van der Waals surface area contributed by atoms with Gasteiger partial charge in [0.15, 0.2) is 6.10 Å². The van der Waals surface area contributed by atoms with E-state index in [1.54, 1.807) is 0 Å². The molecule has 0 saturated heterocycles. The summed E-state index contributed by atoms with van der Waals surface area (Å²) in [6.45, 7) is 2.38. The van der Waals surface area contributed by atoms with E-state index in [0.717, 1.165) is 83.5 Å². The average Bonchev–Trinajstić information content (AvgIpc) is 3.18. The third-order valence-electron chi connectivity index (χ3n) is 8.18. The molecule has 0 aromatic rings. The Balaban J connectivity index is 4.55. The topological polar surface area (TPSA) is 192 Å². The number of aliphatic carboxylic acids is 1. The lowest BCUT2D eigenvalue weighted by atomic mass is 10.1. The number of phosphoric acid groups is 1. The van der Waals surface area contributed by atoms with Crippen LogP contribution >= 0.6 is 7.82 Å². The van der Waals surface area contributed by atoms with Crippen molar-refractivity contribution in [1.82, 2.24) is 0 Å². The molecule has 0 spiro atoms. The van der Waals surface area contributed by atoms with Crippen LogP contribution in [0.1, 0.15) is 136 Å². The zero-order valence-electron chi connectivity index (χ0n) is 34.5. The Morgan fingerprint density at radius 3 is 1.70 bits per heavy atom. The van der Waals surface area contributed by atoms with Gasteiger partial charge < -0.3 is 30.3 Å². The Hall–Kier alpha value is -3.38. The van der Waals surface area contributed by atoms with Gasteiger partial charge in [0.25, 0.3) is 0 Å². The number of aliphatic hydroxyl groups excluding tert-OH is 1. The molecule has 0 aliphatic heterocycles. The van der Waals surface area contributed by atoms with Gasteiger partial charge in [0.1, 0.15) is 12.6 Å². The van der Waals surface area contributed by atoms with Crippen LogP contribution in [0.25, 0.3) is 0 Å². The van der Waals surface area contributed by atoms with Crippen LogP contribution in [0.2, 0.25) is 0 Å². The van der Waals surface area contributed by atoms with Crippen LogP contribution in [0.5, 0.6) is 0 Å². The van der Waals surface area contributed by atoms with E-state index in [1.807, 2.05) is 18.2 Å². The van der Waals surface area contributed by atoms with Gasteiger partial charge in [-0.25, -0.2) is 4.57 Å². The number of phosphoric ester groups is 1. The highest BCUT2D eigenvalue weighted by Crippen LogP contribution is 2.43. The first-order valence-corrected chi connectivity index (χ1v) is 22.2. The molecule has 2 unspecified atom stereocenters. The van der Waals surface area contributed by atoms with E-state index in [2.05, 4.69) is 85.2 Å². The summed E-state index contributed by atoms with van der Waals surface area (Å²) < 4.78 is 32.5. The molecule has 0 aliphatic carbocycles. The predicted octanol–water partition coefficient (Wildman–Crippen LogP) is 9.69. The van der Waals surface area contributed by atoms with Crippen LogP contribution in [0.3, 0.4) is 0 Å². The molecule has 0 heterocycles. The summed E-state index contributed by atoms with van der Waals surface area (Å²) in [6, 6.07) is -1.54. The molecule has 0 aliphatic rings. The largest absolute Gasteiger partial charge is 0.480 e. The van der Waals surface area contributed by atoms with E-state index in [9.17, 15) is 28.9 Å². The summed E-state index contributed by atoms with van der Waals surface area (Å²) in [5.41, 5.74) is 5.32. The van der Waals surface area contributed by atoms with E-state index in [0.29, 0.717) is 25.7 Å². The van der Waals surface area contributed by atoms with E-state index in [-0.39, 0.29) is 18.9 Å². The zero-order valence-corrected chi connectivity index (χ0v) is 35.4. The lowest BCUT2D eigenvalue weighted by Gasteiger charge is -2.20. The van der Waals surface area contributed by atoms with Crippen LogP contribution in [0.4, 0.5) is 0 Å². The minimum Gasteiger partial charge on any atom is -0.480 e. The molecular formula is C44H72NO11P. The van der Waals surface area contributed by atoms with Crippen LogP contribution in [0.15, 0.2) is 85.1 Å². The Morgan fingerprint density at radius 1 is 0.632 bits per heavy atom. The summed E-state index contributed by atoms with van der Waals surface area (Å²) in [5.74, 6) is -2.51. The van der Waals surface area contributed by atoms with E-state index in [4.69, 9.17) is 24.8 Å². The molecule has 4 atom stereocenters. The van der Waals surface area contributed by atoms with Crippen molar-refractivity contribution in [2.45, 2.75) is 154 Å². The number of rotatable bonds is 37. The highest BCUT2D eigenvalue weighted by Gasteiger charge is 2.28. The van der Waals surface area contributed by atoms with Crippen LogP contribution < -0.4 is 5.73 Å². The summed E-state index contributed by atoms with van der Waals surface area (Å²) in [7, 11) is -4.75. The summed E-state index contributed by atoms with van der Waals surface area (Å²) in [4.78, 5) is 45.9. The summed E-state index contributed by atoms with van der Waals surface area (Å²) in [5, 5.41) is 18.6. The molecule has 13 heteroatoms. The Morgan fingerprint density at radius 2 is 1.12 bits per heavy atom. The standard InChI is InChI=1S/C44H72NO11P/c1-3-5-6-7-8-9-10-11-12-15-19-22-25-28-31-35-43(48)56-40(37-54-57(51,52)55-38-41(45)44(49)50)36-53-42(47)34-30-27-24-21-18-16-13-14-17-20-23-26-29-33-39(46)32-4-2/h5-6,8-9,11-13,16-17,20-21,24,26,29,39-41,46H,3-4,7,10,14-15,18-19,22-23,25,27-28,30-38,45H2,1-2H3,(H,49,50)(H,51,52)/b6-5-,9-8-,12-11-,16-13-,20-17-,24-21-,29-26-/t39?,40-,41+/m1/s1. The first-order chi connectivity index (χ1) is 27.5. The maximum Gasteiger partial charge on any atom is 0.472 e.